The van der Waals surface area contributed by atoms with E-state index in [4.69, 9.17) is 4.74 Å². The van der Waals surface area contributed by atoms with Gasteiger partial charge in [-0.25, -0.2) is 0 Å². The Morgan fingerprint density at radius 1 is 0.960 bits per heavy atom. The first-order chi connectivity index (χ1) is 12.0. The van der Waals surface area contributed by atoms with E-state index in [0.717, 1.165) is 12.2 Å². The summed E-state index contributed by atoms with van der Waals surface area (Å²) in [4.78, 5) is 0. The second-order valence-electron chi connectivity index (χ2n) is 5.30. The van der Waals surface area contributed by atoms with Crippen LogP contribution in [0.25, 0.3) is 0 Å². The molecule has 0 amide bonds. The summed E-state index contributed by atoms with van der Waals surface area (Å²) >= 11 is 0. The normalized spacial score (nSPS) is 11.6. The Balaban J connectivity index is 1.70. The van der Waals surface area contributed by atoms with E-state index in [9.17, 15) is 17.6 Å². The molecule has 2 aromatic carbocycles. The summed E-state index contributed by atoms with van der Waals surface area (Å²) in [5, 5.41) is 3.13. The third-order valence-electron chi connectivity index (χ3n) is 3.25. The van der Waals surface area contributed by atoms with Crippen LogP contribution in [0.5, 0.6) is 11.5 Å². The Kier molecular flexibility index (Phi) is 7.06. The lowest BCUT2D eigenvalue weighted by Gasteiger charge is -2.17. The number of hydrogen-bond acceptors (Lipinski definition) is 3. The Hall–Kier alpha value is -2.28. The lowest BCUT2D eigenvalue weighted by atomic mass is 10.2. The van der Waals surface area contributed by atoms with Gasteiger partial charge in [0.2, 0.25) is 0 Å². The van der Waals surface area contributed by atoms with Crippen molar-refractivity contribution in [3.05, 3.63) is 60.2 Å². The van der Waals surface area contributed by atoms with E-state index < -0.39 is 12.5 Å². The van der Waals surface area contributed by atoms with Gasteiger partial charge in [0, 0.05) is 6.54 Å². The van der Waals surface area contributed by atoms with Crippen LogP contribution >= 0.6 is 0 Å². The lowest BCUT2D eigenvalue weighted by Crippen LogP contribution is -2.33. The van der Waals surface area contributed by atoms with Gasteiger partial charge in [-0.1, -0.05) is 30.3 Å². The Morgan fingerprint density at radius 3 is 2.40 bits per heavy atom. The fourth-order valence-electron chi connectivity index (χ4n) is 2.06. The number of nitrogens with one attached hydrogen (secondary N) is 1. The van der Waals surface area contributed by atoms with Crippen molar-refractivity contribution in [1.29, 1.82) is 0 Å². The van der Waals surface area contributed by atoms with E-state index in [-0.39, 0.29) is 5.75 Å². The molecule has 0 aromatic heterocycles. The molecule has 0 bridgehead atoms. The van der Waals surface area contributed by atoms with Crippen molar-refractivity contribution in [2.45, 2.75) is 25.5 Å². The number of hydrogen-bond donors (Lipinski definition) is 1. The molecule has 0 aliphatic rings. The molecule has 0 saturated heterocycles. The maximum absolute atomic E-state index is 12.9. The summed E-state index contributed by atoms with van der Waals surface area (Å²) in [5.41, 5.74) is 0.659. The molecule has 0 radical (unpaired) electrons. The molecule has 0 unspecified atom stereocenters. The van der Waals surface area contributed by atoms with Crippen molar-refractivity contribution in [2.24, 2.45) is 0 Å². The van der Waals surface area contributed by atoms with E-state index in [1.54, 1.807) is 6.07 Å². The number of rotatable bonds is 10. The third-order valence-corrected chi connectivity index (χ3v) is 3.25. The molecule has 0 fully saturated rings. The van der Waals surface area contributed by atoms with Gasteiger partial charge in [-0.05, 0) is 42.8 Å². The molecule has 3 nitrogen and oxygen atoms in total. The van der Waals surface area contributed by atoms with Crippen molar-refractivity contribution in [1.82, 2.24) is 5.32 Å². The maximum Gasteiger partial charge on any atom is 0.461 e. The number of benzene rings is 2. The SMILES string of the molecule is FC(F)C(F)(F)Oc1cccc(CNCCCOc2ccccc2)c1. The van der Waals surface area contributed by atoms with Crippen LogP contribution in [-0.2, 0) is 6.54 Å². The lowest BCUT2D eigenvalue weighted by molar-refractivity contribution is -0.253. The largest absolute Gasteiger partial charge is 0.494 e. The first-order valence-corrected chi connectivity index (χ1v) is 7.80. The number of para-hydroxylation sites is 1. The summed E-state index contributed by atoms with van der Waals surface area (Å²) in [6.07, 6.45) is -7.62. The Morgan fingerprint density at radius 2 is 1.68 bits per heavy atom. The Labute approximate surface area is 143 Å². The highest BCUT2D eigenvalue weighted by Gasteiger charge is 2.43. The zero-order valence-electron chi connectivity index (χ0n) is 13.4. The summed E-state index contributed by atoms with van der Waals surface area (Å²) in [7, 11) is 0. The van der Waals surface area contributed by atoms with E-state index >= 15 is 0 Å². The third kappa shape index (κ3) is 6.62. The molecule has 7 heteroatoms. The van der Waals surface area contributed by atoms with Gasteiger partial charge in [0.25, 0.3) is 0 Å². The van der Waals surface area contributed by atoms with Gasteiger partial charge in [-0.2, -0.15) is 17.6 Å². The second kappa shape index (κ2) is 9.27. The summed E-state index contributed by atoms with van der Waals surface area (Å²) < 4.78 is 59.7. The molecule has 2 rings (SSSR count). The summed E-state index contributed by atoms with van der Waals surface area (Å²) in [5.74, 6) is 0.504. The van der Waals surface area contributed by atoms with Crippen molar-refractivity contribution < 1.29 is 27.0 Å². The molecule has 0 spiro atoms. The maximum atomic E-state index is 12.9. The van der Waals surface area contributed by atoms with Crippen LogP contribution < -0.4 is 14.8 Å². The second-order valence-corrected chi connectivity index (χ2v) is 5.30. The standard InChI is InChI=1S/C18H19F4NO2/c19-17(20)18(21,22)25-16-9-4-6-14(12-16)13-23-10-5-11-24-15-7-2-1-3-8-15/h1-4,6-9,12,17,23H,5,10-11,13H2. The highest BCUT2D eigenvalue weighted by Crippen LogP contribution is 2.27. The van der Waals surface area contributed by atoms with Crippen LogP contribution in [0.3, 0.4) is 0 Å². The van der Waals surface area contributed by atoms with Crippen molar-refractivity contribution >= 4 is 0 Å². The fraction of sp³-hybridized carbons (Fsp3) is 0.333. The molecule has 136 valence electrons. The fourth-order valence-corrected chi connectivity index (χ4v) is 2.06. The highest BCUT2D eigenvalue weighted by molar-refractivity contribution is 5.28. The van der Waals surface area contributed by atoms with Gasteiger partial charge in [0.05, 0.1) is 6.61 Å². The zero-order chi connectivity index (χ0) is 18.1. The van der Waals surface area contributed by atoms with Crippen molar-refractivity contribution in [3.63, 3.8) is 0 Å². The first kappa shape index (κ1) is 19.1. The minimum Gasteiger partial charge on any atom is -0.494 e. The summed E-state index contributed by atoms with van der Waals surface area (Å²) in [6, 6.07) is 15.1. The monoisotopic (exact) mass is 357 g/mol. The molecule has 0 aliphatic heterocycles. The van der Waals surface area contributed by atoms with Gasteiger partial charge < -0.3 is 14.8 Å². The highest BCUT2D eigenvalue weighted by atomic mass is 19.3. The minimum absolute atomic E-state index is 0.294. The molecule has 0 atom stereocenters. The van der Waals surface area contributed by atoms with Gasteiger partial charge >= 0.3 is 12.5 Å². The molecule has 2 aromatic rings. The smallest absolute Gasteiger partial charge is 0.461 e. The molecule has 1 N–H and O–H groups in total. The first-order valence-electron chi connectivity index (χ1n) is 7.80. The molecule has 0 heterocycles. The van der Waals surface area contributed by atoms with E-state index in [2.05, 4.69) is 10.1 Å². The Bertz CT molecular complexity index is 638. The molecule has 0 aliphatic carbocycles. The van der Waals surface area contributed by atoms with Crippen molar-refractivity contribution in [2.75, 3.05) is 13.2 Å². The van der Waals surface area contributed by atoms with Gasteiger partial charge in [-0.3, -0.25) is 0 Å². The van der Waals surface area contributed by atoms with Crippen LogP contribution in [0.15, 0.2) is 54.6 Å². The number of alkyl halides is 4. The van der Waals surface area contributed by atoms with Crippen molar-refractivity contribution in [3.8, 4) is 11.5 Å². The zero-order valence-corrected chi connectivity index (χ0v) is 13.4. The molecule has 0 saturated carbocycles. The van der Waals surface area contributed by atoms with Crippen LogP contribution in [0.2, 0.25) is 0 Å². The predicted molar refractivity (Wildman–Crippen MR) is 86.3 cm³/mol. The summed E-state index contributed by atoms with van der Waals surface area (Å²) in [6.45, 7) is 1.61. The molecular formula is C18H19F4NO2. The quantitative estimate of drug-likeness (QED) is 0.502. The van der Waals surface area contributed by atoms with Crippen LogP contribution in [0.4, 0.5) is 17.6 Å². The molecule has 25 heavy (non-hydrogen) atoms. The van der Waals surface area contributed by atoms with E-state index in [1.165, 1.54) is 18.2 Å². The van der Waals surface area contributed by atoms with Gasteiger partial charge in [0.1, 0.15) is 11.5 Å². The number of ether oxygens (including phenoxy) is 2. The van der Waals surface area contributed by atoms with Crippen LogP contribution in [-0.4, -0.2) is 25.7 Å². The average molecular weight is 357 g/mol. The average Bonchev–Trinajstić information content (AvgIpc) is 2.59. The van der Waals surface area contributed by atoms with Crippen LogP contribution in [0.1, 0.15) is 12.0 Å². The van der Waals surface area contributed by atoms with E-state index in [1.807, 2.05) is 30.3 Å². The minimum atomic E-state index is -4.50. The van der Waals surface area contributed by atoms with E-state index in [0.29, 0.717) is 25.3 Å². The topological polar surface area (TPSA) is 30.5 Å². The van der Waals surface area contributed by atoms with Gasteiger partial charge in [0.15, 0.2) is 0 Å². The number of halogens is 4. The predicted octanol–water partition coefficient (Wildman–Crippen LogP) is 4.48. The molecular weight excluding hydrogens is 338 g/mol. The van der Waals surface area contributed by atoms with Crippen LogP contribution in [0, 0.1) is 0 Å². The van der Waals surface area contributed by atoms with Gasteiger partial charge in [-0.15, -0.1) is 0 Å².